The summed E-state index contributed by atoms with van der Waals surface area (Å²) in [6.45, 7) is -0.358. The van der Waals surface area contributed by atoms with Crippen LogP contribution in [0.3, 0.4) is 0 Å². The van der Waals surface area contributed by atoms with Crippen LogP contribution >= 0.6 is 23.1 Å². The molecule has 0 aliphatic carbocycles. The number of hydrogen-bond donors (Lipinski definition) is 4. The van der Waals surface area contributed by atoms with Crippen molar-refractivity contribution in [2.45, 2.75) is 11.4 Å². The molecule has 14 heteroatoms. The van der Waals surface area contributed by atoms with Gasteiger partial charge in [0.25, 0.3) is 11.8 Å². The maximum absolute atomic E-state index is 12.5. The van der Waals surface area contributed by atoms with Crippen molar-refractivity contribution >= 4 is 52.7 Å². The van der Waals surface area contributed by atoms with Gasteiger partial charge in [0.05, 0.1) is 5.51 Å². The van der Waals surface area contributed by atoms with E-state index in [2.05, 4.69) is 20.2 Å². The first-order valence-corrected chi connectivity index (χ1v) is 9.58. The predicted molar refractivity (Wildman–Crippen MR) is 95.7 cm³/mol. The number of hydrogen-bond acceptors (Lipinski definition) is 10. The molecule has 3 amide bonds. The number of β-lactam (4-membered cyclic amide) rings is 1. The highest BCUT2D eigenvalue weighted by Crippen LogP contribution is 2.40. The average Bonchev–Trinajstić information content (AvgIpc) is 3.18. The molecule has 0 saturated carbocycles. The molecule has 1 saturated heterocycles. The summed E-state index contributed by atoms with van der Waals surface area (Å²) in [7, 11) is 0. The zero-order chi connectivity index (χ0) is 20.4. The lowest BCUT2D eigenvalue weighted by molar-refractivity contribution is -0.150. The minimum atomic E-state index is -1.37. The summed E-state index contributed by atoms with van der Waals surface area (Å²) in [5.74, 6) is -2.69. The highest BCUT2D eigenvalue weighted by molar-refractivity contribution is 8.00. The van der Waals surface area contributed by atoms with Crippen molar-refractivity contribution in [2.24, 2.45) is 10.9 Å². The lowest BCUT2D eigenvalue weighted by Gasteiger charge is -2.49. The first-order valence-electron chi connectivity index (χ1n) is 7.58. The number of aromatic nitrogens is 1. The lowest BCUT2D eigenvalue weighted by atomic mass is 10.0. The van der Waals surface area contributed by atoms with Crippen LogP contribution in [-0.2, 0) is 19.1 Å². The first kappa shape index (κ1) is 19.6. The maximum atomic E-state index is 12.5. The summed E-state index contributed by atoms with van der Waals surface area (Å²) in [5, 5.41) is 24.7. The van der Waals surface area contributed by atoms with Gasteiger partial charge in [-0.1, -0.05) is 5.16 Å². The molecular weight excluding hydrogens is 414 g/mol. The van der Waals surface area contributed by atoms with Crippen molar-refractivity contribution in [3.05, 3.63) is 27.9 Å². The van der Waals surface area contributed by atoms with Gasteiger partial charge in [0, 0.05) is 16.7 Å². The molecule has 148 valence electrons. The van der Waals surface area contributed by atoms with E-state index in [1.165, 1.54) is 34.0 Å². The smallest absolute Gasteiger partial charge is 0.404 e. The van der Waals surface area contributed by atoms with Gasteiger partial charge in [-0.2, -0.15) is 0 Å². The molecule has 2 aliphatic heterocycles. The minimum Gasteiger partial charge on any atom is -0.477 e. The van der Waals surface area contributed by atoms with Gasteiger partial charge in [-0.25, -0.2) is 14.6 Å². The molecule has 5 N–H and O–H groups in total. The molecule has 2 aliphatic rings. The number of carboxylic acid groups (broad SMARTS) is 1. The normalized spacial score (nSPS) is 21.6. The number of carboxylic acids is 1. The monoisotopic (exact) mass is 427 g/mol. The summed E-state index contributed by atoms with van der Waals surface area (Å²) in [6, 6.07) is -1.01. The summed E-state index contributed by atoms with van der Waals surface area (Å²) in [6.07, 6.45) is -1.07. The Balaban J connectivity index is 1.76. The van der Waals surface area contributed by atoms with E-state index in [-0.39, 0.29) is 35.0 Å². The molecule has 1 unspecified atom stereocenters. The molecule has 0 spiro atoms. The third-order valence-corrected chi connectivity index (χ3v) is 5.84. The van der Waals surface area contributed by atoms with Gasteiger partial charge >= 0.3 is 12.1 Å². The SMILES string of the molecule is NC(=O)OCC1=C(C(=O)O)N2C(=O)C(NC(=O)/C(=N\O)c3cscn3)[C@H]2SC1. The molecule has 0 aromatic carbocycles. The van der Waals surface area contributed by atoms with E-state index in [0.717, 1.165) is 4.90 Å². The molecule has 1 aromatic heterocycles. The quantitative estimate of drug-likeness (QED) is 0.194. The van der Waals surface area contributed by atoms with Crippen LogP contribution in [0.1, 0.15) is 5.69 Å². The third kappa shape index (κ3) is 3.50. The van der Waals surface area contributed by atoms with E-state index in [9.17, 15) is 24.3 Å². The molecule has 0 bridgehead atoms. The number of nitrogens with two attached hydrogens (primary N) is 1. The molecule has 2 atom stereocenters. The van der Waals surface area contributed by atoms with Crippen molar-refractivity contribution in [2.75, 3.05) is 12.4 Å². The number of thioether (sulfide) groups is 1. The van der Waals surface area contributed by atoms with Crippen molar-refractivity contribution in [1.82, 2.24) is 15.2 Å². The van der Waals surface area contributed by atoms with Crippen LogP contribution in [0.2, 0.25) is 0 Å². The van der Waals surface area contributed by atoms with Crippen molar-refractivity contribution in [3.63, 3.8) is 0 Å². The van der Waals surface area contributed by atoms with Crippen LogP contribution in [-0.4, -0.2) is 73.6 Å². The number of thiazole rings is 1. The van der Waals surface area contributed by atoms with Gasteiger partial charge in [0.2, 0.25) is 0 Å². The second kappa shape index (κ2) is 7.85. The number of nitrogens with zero attached hydrogens (tertiary/aromatic N) is 3. The van der Waals surface area contributed by atoms with E-state index in [4.69, 9.17) is 10.9 Å². The van der Waals surface area contributed by atoms with Crippen LogP contribution < -0.4 is 11.1 Å². The van der Waals surface area contributed by atoms with Gasteiger partial charge in [-0.05, 0) is 0 Å². The zero-order valence-electron chi connectivity index (χ0n) is 13.9. The van der Waals surface area contributed by atoms with Crippen LogP contribution in [0, 0.1) is 0 Å². The van der Waals surface area contributed by atoms with Gasteiger partial charge < -0.3 is 26.1 Å². The fourth-order valence-corrected chi connectivity index (χ4v) is 4.57. The molecular formula is C14H13N5O7S2. The van der Waals surface area contributed by atoms with Gasteiger partial charge in [0.1, 0.15) is 29.4 Å². The minimum absolute atomic E-state index is 0.141. The maximum Gasteiger partial charge on any atom is 0.404 e. The van der Waals surface area contributed by atoms with Crippen LogP contribution in [0.15, 0.2) is 27.3 Å². The Bertz CT molecular complexity index is 898. The first-order chi connectivity index (χ1) is 13.3. The standard InChI is InChI=1S/C14H13N5O7S2/c15-14(24)26-1-5-2-28-12-8(11(21)19(12)9(5)13(22)23)17-10(20)7(18-25)6-3-27-4-16-6/h3-4,8,12,25H,1-2H2,(H2,15,24)(H,17,20)(H,22,23)/b18-7-/t8?,12-/m1/s1. The van der Waals surface area contributed by atoms with E-state index in [1.54, 1.807) is 0 Å². The number of primary amides is 1. The fourth-order valence-electron chi connectivity index (χ4n) is 2.70. The van der Waals surface area contributed by atoms with Crippen LogP contribution in [0.4, 0.5) is 4.79 Å². The molecule has 1 aromatic rings. The molecule has 3 rings (SSSR count). The predicted octanol–water partition coefficient (Wildman–Crippen LogP) is -0.845. The Hall–Kier alpha value is -3.13. The molecule has 28 heavy (non-hydrogen) atoms. The zero-order valence-corrected chi connectivity index (χ0v) is 15.5. The van der Waals surface area contributed by atoms with Gasteiger partial charge in [-0.3, -0.25) is 14.5 Å². The number of rotatable bonds is 6. The van der Waals surface area contributed by atoms with E-state index in [1.807, 2.05) is 0 Å². The summed E-state index contributed by atoms with van der Waals surface area (Å²) < 4.78 is 4.63. The number of fused-ring (bicyclic) bond motifs is 1. The molecule has 1 fully saturated rings. The van der Waals surface area contributed by atoms with E-state index >= 15 is 0 Å². The fraction of sp³-hybridized carbons (Fsp3) is 0.286. The molecule has 0 radical (unpaired) electrons. The summed E-state index contributed by atoms with van der Waals surface area (Å²) >= 11 is 2.38. The highest BCUT2D eigenvalue weighted by atomic mass is 32.2. The molecule has 3 heterocycles. The number of nitrogens with one attached hydrogen (secondary N) is 1. The largest absolute Gasteiger partial charge is 0.477 e. The van der Waals surface area contributed by atoms with Crippen LogP contribution in [0.25, 0.3) is 0 Å². The number of oxime groups is 1. The van der Waals surface area contributed by atoms with Gasteiger partial charge in [-0.15, -0.1) is 23.1 Å². The van der Waals surface area contributed by atoms with Crippen molar-refractivity contribution in [1.29, 1.82) is 0 Å². The number of carbonyl (C=O) groups is 4. The Morgan fingerprint density at radius 1 is 1.46 bits per heavy atom. The average molecular weight is 427 g/mol. The topological polar surface area (TPSA) is 185 Å². The summed E-state index contributed by atoms with van der Waals surface area (Å²) in [4.78, 5) is 52.1. The number of carbonyl (C=O) groups excluding carboxylic acids is 3. The van der Waals surface area contributed by atoms with Crippen molar-refractivity contribution < 1.29 is 34.2 Å². The second-order valence-corrected chi connectivity index (χ2v) is 7.37. The lowest BCUT2D eigenvalue weighted by Crippen LogP contribution is -2.71. The summed E-state index contributed by atoms with van der Waals surface area (Å²) in [5.41, 5.74) is 6.02. The third-order valence-electron chi connectivity index (χ3n) is 3.92. The Kier molecular flexibility index (Phi) is 5.51. The number of ether oxygens (including phenoxy) is 1. The Morgan fingerprint density at radius 3 is 2.79 bits per heavy atom. The van der Waals surface area contributed by atoms with Crippen LogP contribution in [0.5, 0.6) is 0 Å². The molecule has 12 nitrogen and oxygen atoms in total. The second-order valence-electron chi connectivity index (χ2n) is 5.55. The van der Waals surface area contributed by atoms with Crippen molar-refractivity contribution in [3.8, 4) is 0 Å². The number of aliphatic carboxylic acids is 1. The Labute approximate surface area is 165 Å². The van der Waals surface area contributed by atoms with Gasteiger partial charge in [0.15, 0.2) is 5.71 Å². The van der Waals surface area contributed by atoms with E-state index in [0.29, 0.717) is 0 Å². The number of amides is 3. The Morgan fingerprint density at radius 2 is 2.21 bits per heavy atom. The highest BCUT2D eigenvalue weighted by Gasteiger charge is 2.54. The van der Waals surface area contributed by atoms with E-state index < -0.39 is 35.3 Å².